The van der Waals surface area contributed by atoms with Crippen LogP contribution in [-0.2, 0) is 0 Å². The van der Waals surface area contributed by atoms with Crippen molar-refractivity contribution in [1.82, 2.24) is 0 Å². The molecule has 0 bridgehead atoms. The summed E-state index contributed by atoms with van der Waals surface area (Å²) in [6.07, 6.45) is -3.58. The fourth-order valence-corrected chi connectivity index (χ4v) is 2.19. The Morgan fingerprint density at radius 1 is 1.16 bits per heavy atom. The van der Waals surface area contributed by atoms with Crippen LogP contribution in [0.15, 0.2) is 35.7 Å². The number of hydrogen-bond donors (Lipinski definition) is 0. The molecule has 0 amide bonds. The summed E-state index contributed by atoms with van der Waals surface area (Å²) in [5.41, 5.74) is 1.68. The molecule has 6 heteroatoms. The molecule has 0 radical (unpaired) electrons. The molecule has 0 aliphatic rings. The quantitative estimate of drug-likeness (QED) is 0.788. The lowest BCUT2D eigenvalue weighted by molar-refractivity contribution is -0.153. The first kappa shape index (κ1) is 13.6. The highest BCUT2D eigenvalue weighted by Gasteiger charge is 2.28. The molecule has 0 aliphatic carbocycles. The van der Waals surface area contributed by atoms with Crippen molar-refractivity contribution < 1.29 is 22.7 Å². The highest BCUT2D eigenvalue weighted by atomic mass is 32.1. The molecule has 100 valence electrons. The third-order valence-electron chi connectivity index (χ3n) is 2.33. The molecule has 1 aromatic carbocycles. The lowest BCUT2D eigenvalue weighted by atomic mass is 10.1. The zero-order valence-corrected chi connectivity index (χ0v) is 10.4. The van der Waals surface area contributed by atoms with Gasteiger partial charge in [0.2, 0.25) is 0 Å². The first-order valence-electron chi connectivity index (χ1n) is 5.31. The maximum atomic E-state index is 12.0. The molecule has 0 spiro atoms. The van der Waals surface area contributed by atoms with Crippen LogP contribution in [0.2, 0.25) is 0 Å². The summed E-state index contributed by atoms with van der Waals surface area (Å²) >= 11 is 1.31. The molecule has 0 saturated heterocycles. The van der Waals surface area contributed by atoms with E-state index in [4.69, 9.17) is 0 Å². The normalized spacial score (nSPS) is 11.3. The van der Waals surface area contributed by atoms with Gasteiger partial charge in [-0.2, -0.15) is 13.2 Å². The summed E-state index contributed by atoms with van der Waals surface area (Å²) in [4.78, 5) is 11.2. The number of carbonyl (C=O) groups is 1. The number of rotatable bonds is 4. The van der Waals surface area contributed by atoms with Crippen molar-refractivity contribution in [2.45, 2.75) is 6.18 Å². The van der Waals surface area contributed by atoms with E-state index in [1.54, 1.807) is 18.2 Å². The van der Waals surface area contributed by atoms with E-state index in [0.29, 0.717) is 4.88 Å². The standard InChI is InChI=1S/C13H9F3O2S/c14-13(15,16)8-18-11-3-1-9(2-4-11)10-5-12(6-17)19-7-10/h1-7H,8H2. The van der Waals surface area contributed by atoms with Crippen LogP contribution in [0.5, 0.6) is 5.75 Å². The Labute approximate surface area is 111 Å². The van der Waals surface area contributed by atoms with Gasteiger partial charge >= 0.3 is 6.18 Å². The number of aldehydes is 1. The molecule has 2 aromatic rings. The molecule has 1 heterocycles. The molecular weight excluding hydrogens is 277 g/mol. The van der Waals surface area contributed by atoms with E-state index in [2.05, 4.69) is 4.74 Å². The maximum Gasteiger partial charge on any atom is 0.422 e. The second-order valence-electron chi connectivity index (χ2n) is 3.78. The molecular formula is C13H9F3O2S. The summed E-state index contributed by atoms with van der Waals surface area (Å²) in [7, 11) is 0. The third-order valence-corrected chi connectivity index (χ3v) is 3.18. The summed E-state index contributed by atoms with van der Waals surface area (Å²) < 4.78 is 40.5. The lowest BCUT2D eigenvalue weighted by Gasteiger charge is -2.09. The summed E-state index contributed by atoms with van der Waals surface area (Å²) in [5, 5.41) is 1.81. The number of thiophene rings is 1. The topological polar surface area (TPSA) is 26.3 Å². The van der Waals surface area contributed by atoms with Gasteiger partial charge < -0.3 is 4.74 Å². The maximum absolute atomic E-state index is 12.0. The minimum absolute atomic E-state index is 0.159. The van der Waals surface area contributed by atoms with Crippen molar-refractivity contribution in [2.24, 2.45) is 0 Å². The zero-order valence-electron chi connectivity index (χ0n) is 9.61. The van der Waals surface area contributed by atoms with E-state index in [-0.39, 0.29) is 5.75 Å². The Balaban J connectivity index is 2.07. The Hall–Kier alpha value is -1.82. The number of ether oxygens (including phenoxy) is 1. The third kappa shape index (κ3) is 3.82. The zero-order chi connectivity index (χ0) is 13.9. The molecule has 0 N–H and O–H groups in total. The number of hydrogen-bond acceptors (Lipinski definition) is 3. The van der Waals surface area contributed by atoms with Crippen LogP contribution in [0.1, 0.15) is 9.67 Å². The second-order valence-corrected chi connectivity index (χ2v) is 4.73. The highest BCUT2D eigenvalue weighted by molar-refractivity contribution is 7.12. The number of halogens is 3. The smallest absolute Gasteiger partial charge is 0.422 e. The Kier molecular flexibility index (Phi) is 3.90. The largest absolute Gasteiger partial charge is 0.484 e. The van der Waals surface area contributed by atoms with Crippen LogP contribution in [0.4, 0.5) is 13.2 Å². The van der Waals surface area contributed by atoms with Gasteiger partial charge in [0.25, 0.3) is 0 Å². The first-order valence-corrected chi connectivity index (χ1v) is 6.19. The summed E-state index contributed by atoms with van der Waals surface area (Å²) in [5.74, 6) is 0.159. The monoisotopic (exact) mass is 286 g/mol. The van der Waals surface area contributed by atoms with Crippen molar-refractivity contribution >= 4 is 17.6 Å². The van der Waals surface area contributed by atoms with Gasteiger partial charge in [0.1, 0.15) is 5.75 Å². The second kappa shape index (κ2) is 5.44. The fourth-order valence-electron chi connectivity index (χ4n) is 1.47. The van der Waals surface area contributed by atoms with Crippen LogP contribution >= 0.6 is 11.3 Å². The predicted octanol–water partition coefficient (Wildman–Crippen LogP) is 4.17. The van der Waals surface area contributed by atoms with Crippen molar-refractivity contribution in [3.8, 4) is 16.9 Å². The van der Waals surface area contributed by atoms with Crippen LogP contribution in [0, 0.1) is 0 Å². The molecule has 0 saturated carbocycles. The Morgan fingerprint density at radius 3 is 2.37 bits per heavy atom. The van der Waals surface area contributed by atoms with E-state index >= 15 is 0 Å². The van der Waals surface area contributed by atoms with E-state index in [9.17, 15) is 18.0 Å². The minimum atomic E-state index is -4.34. The summed E-state index contributed by atoms with van der Waals surface area (Å²) in [6.45, 7) is -1.31. The van der Waals surface area contributed by atoms with E-state index < -0.39 is 12.8 Å². The SMILES string of the molecule is O=Cc1cc(-c2ccc(OCC(F)(F)F)cc2)cs1. The van der Waals surface area contributed by atoms with Gasteiger partial charge in [-0.1, -0.05) is 12.1 Å². The molecule has 0 unspecified atom stereocenters. The van der Waals surface area contributed by atoms with Gasteiger partial charge in [-0.25, -0.2) is 0 Å². The van der Waals surface area contributed by atoms with E-state index in [1.807, 2.05) is 5.38 Å². The van der Waals surface area contributed by atoms with Crippen LogP contribution < -0.4 is 4.74 Å². The number of benzene rings is 1. The van der Waals surface area contributed by atoms with E-state index in [1.165, 1.54) is 23.5 Å². The molecule has 0 fully saturated rings. The molecule has 0 aliphatic heterocycles. The van der Waals surface area contributed by atoms with Crippen LogP contribution in [0.25, 0.3) is 11.1 Å². The van der Waals surface area contributed by atoms with Gasteiger partial charge in [-0.3, -0.25) is 4.79 Å². The Bertz CT molecular complexity index is 558. The average molecular weight is 286 g/mol. The van der Waals surface area contributed by atoms with Gasteiger partial charge in [0.15, 0.2) is 12.9 Å². The van der Waals surface area contributed by atoms with Gasteiger partial charge in [-0.05, 0) is 34.7 Å². The van der Waals surface area contributed by atoms with Crippen molar-refractivity contribution in [3.63, 3.8) is 0 Å². The molecule has 2 rings (SSSR count). The molecule has 1 aromatic heterocycles. The average Bonchev–Trinajstić information content (AvgIpc) is 2.85. The molecule has 2 nitrogen and oxygen atoms in total. The highest BCUT2D eigenvalue weighted by Crippen LogP contribution is 2.27. The van der Waals surface area contributed by atoms with Crippen LogP contribution in [0.3, 0.4) is 0 Å². The number of alkyl halides is 3. The molecule has 19 heavy (non-hydrogen) atoms. The molecule has 0 atom stereocenters. The van der Waals surface area contributed by atoms with Crippen LogP contribution in [-0.4, -0.2) is 19.1 Å². The van der Waals surface area contributed by atoms with Crippen molar-refractivity contribution in [1.29, 1.82) is 0 Å². The van der Waals surface area contributed by atoms with Gasteiger partial charge in [0.05, 0.1) is 4.88 Å². The Morgan fingerprint density at radius 2 is 1.84 bits per heavy atom. The van der Waals surface area contributed by atoms with Crippen molar-refractivity contribution in [2.75, 3.05) is 6.61 Å². The van der Waals surface area contributed by atoms with Gasteiger partial charge in [0, 0.05) is 0 Å². The minimum Gasteiger partial charge on any atom is -0.484 e. The predicted molar refractivity (Wildman–Crippen MR) is 66.7 cm³/mol. The lowest BCUT2D eigenvalue weighted by Crippen LogP contribution is -2.19. The fraction of sp³-hybridized carbons (Fsp3) is 0.154. The first-order chi connectivity index (χ1) is 8.98. The summed E-state index contributed by atoms with van der Waals surface area (Å²) in [6, 6.07) is 7.98. The number of carbonyl (C=O) groups excluding carboxylic acids is 1. The van der Waals surface area contributed by atoms with Crippen molar-refractivity contribution in [3.05, 3.63) is 40.6 Å². The van der Waals surface area contributed by atoms with Gasteiger partial charge in [-0.15, -0.1) is 11.3 Å². The van der Waals surface area contributed by atoms with E-state index in [0.717, 1.165) is 17.4 Å².